The third-order valence-corrected chi connectivity index (χ3v) is 9.50. The van der Waals surface area contributed by atoms with Crippen molar-refractivity contribution in [3.63, 3.8) is 0 Å². The van der Waals surface area contributed by atoms with E-state index in [2.05, 4.69) is 121 Å². The average Bonchev–Trinajstić information content (AvgIpc) is 3.68. The molecule has 10 rings (SSSR count). The SMILES string of the molecule is CC(C)(C)c1ccc2c3ccc(Oc4ccc5c(c4)c4nc6ccccc6n4c4cccnc54)cc3c3nc4ccccc4n3c2c1. The molecule has 5 aromatic heterocycles. The molecule has 224 valence electrons. The van der Waals surface area contributed by atoms with Gasteiger partial charge in [0.25, 0.3) is 0 Å². The largest absolute Gasteiger partial charge is 0.457 e. The summed E-state index contributed by atoms with van der Waals surface area (Å²) >= 11 is 0. The standard InChI is InChI=1S/C41H29N5O/c1-41(2,3)24-14-17-28-27-18-15-25(22-30(27)39-43-33-10-5-7-12-35(33)46(39)37(28)21-24)47-26-16-19-29-31(23-26)40-44-32-9-4-6-11-34(32)45(40)36-13-8-20-42-38(29)36/h4-23H,1-3H3. The zero-order valence-electron chi connectivity index (χ0n) is 26.2. The second kappa shape index (κ2) is 9.27. The lowest BCUT2D eigenvalue weighted by molar-refractivity contribution is 0.484. The second-order valence-electron chi connectivity index (χ2n) is 13.4. The van der Waals surface area contributed by atoms with Crippen molar-refractivity contribution in [2.24, 2.45) is 0 Å². The minimum absolute atomic E-state index is 0.0282. The number of hydrogen-bond donors (Lipinski definition) is 0. The van der Waals surface area contributed by atoms with Crippen LogP contribution in [-0.2, 0) is 5.41 Å². The molecule has 0 aliphatic carbocycles. The molecule has 0 fully saturated rings. The number of aromatic nitrogens is 5. The number of rotatable bonds is 2. The predicted octanol–water partition coefficient (Wildman–Crippen LogP) is 10.4. The summed E-state index contributed by atoms with van der Waals surface area (Å²) in [5, 5.41) is 5.42. The summed E-state index contributed by atoms with van der Waals surface area (Å²) in [5.41, 5.74) is 10.3. The van der Waals surface area contributed by atoms with Crippen LogP contribution in [0.4, 0.5) is 0 Å². The third-order valence-electron chi connectivity index (χ3n) is 9.50. The molecule has 0 saturated carbocycles. The van der Waals surface area contributed by atoms with E-state index in [1.807, 2.05) is 30.5 Å². The van der Waals surface area contributed by atoms with Gasteiger partial charge in [-0.15, -0.1) is 0 Å². The summed E-state index contributed by atoms with van der Waals surface area (Å²) in [5.74, 6) is 1.49. The van der Waals surface area contributed by atoms with Gasteiger partial charge in [0.1, 0.15) is 22.8 Å². The number of benzene rings is 5. The molecule has 0 unspecified atom stereocenters. The van der Waals surface area contributed by atoms with Crippen LogP contribution in [0.3, 0.4) is 0 Å². The first-order valence-electron chi connectivity index (χ1n) is 16.0. The third kappa shape index (κ3) is 3.75. The number of hydrogen-bond acceptors (Lipinski definition) is 4. The minimum atomic E-state index is 0.0282. The predicted molar refractivity (Wildman–Crippen MR) is 192 cm³/mol. The van der Waals surface area contributed by atoms with Crippen molar-refractivity contribution in [1.82, 2.24) is 23.8 Å². The average molecular weight is 608 g/mol. The summed E-state index contributed by atoms with van der Waals surface area (Å²) in [6, 6.07) is 40.1. The molecular weight excluding hydrogens is 578 g/mol. The zero-order chi connectivity index (χ0) is 31.4. The Labute approximate surface area is 269 Å². The Balaban J connectivity index is 1.19. The van der Waals surface area contributed by atoms with Gasteiger partial charge in [0.05, 0.1) is 38.6 Å². The number of para-hydroxylation sites is 4. The van der Waals surface area contributed by atoms with Crippen LogP contribution in [0, 0.1) is 0 Å². The van der Waals surface area contributed by atoms with E-state index in [-0.39, 0.29) is 5.41 Å². The van der Waals surface area contributed by atoms with Crippen molar-refractivity contribution in [2.45, 2.75) is 26.2 Å². The van der Waals surface area contributed by atoms with E-state index in [0.717, 1.165) is 83.0 Å². The number of ether oxygens (including phenoxy) is 1. The lowest BCUT2D eigenvalue weighted by Crippen LogP contribution is -2.11. The van der Waals surface area contributed by atoms with Crippen LogP contribution in [0.15, 0.2) is 121 Å². The molecule has 5 aromatic carbocycles. The van der Waals surface area contributed by atoms with Gasteiger partial charge in [-0.1, -0.05) is 57.2 Å². The number of nitrogens with zero attached hydrogens (tertiary/aromatic N) is 5. The van der Waals surface area contributed by atoms with Gasteiger partial charge >= 0.3 is 0 Å². The van der Waals surface area contributed by atoms with Crippen LogP contribution in [0.2, 0.25) is 0 Å². The summed E-state index contributed by atoms with van der Waals surface area (Å²) in [7, 11) is 0. The first-order chi connectivity index (χ1) is 22.9. The lowest BCUT2D eigenvalue weighted by atomic mass is 9.86. The molecule has 6 heteroatoms. The monoisotopic (exact) mass is 607 g/mol. The van der Waals surface area contributed by atoms with Gasteiger partial charge in [0, 0.05) is 27.7 Å². The molecule has 10 aromatic rings. The molecule has 0 spiro atoms. The van der Waals surface area contributed by atoms with Crippen molar-refractivity contribution in [1.29, 1.82) is 0 Å². The van der Waals surface area contributed by atoms with Crippen LogP contribution in [0.5, 0.6) is 11.5 Å². The van der Waals surface area contributed by atoms with Gasteiger partial charge in [-0.25, -0.2) is 9.97 Å². The maximum Gasteiger partial charge on any atom is 0.146 e. The Bertz CT molecular complexity index is 2930. The summed E-state index contributed by atoms with van der Waals surface area (Å²) in [6.07, 6.45) is 1.85. The highest BCUT2D eigenvalue weighted by atomic mass is 16.5. The van der Waals surface area contributed by atoms with Crippen molar-refractivity contribution in [2.75, 3.05) is 0 Å². The fourth-order valence-electron chi connectivity index (χ4n) is 7.22. The molecule has 0 amide bonds. The fourth-order valence-corrected chi connectivity index (χ4v) is 7.22. The van der Waals surface area contributed by atoms with Gasteiger partial charge in [-0.3, -0.25) is 13.8 Å². The Kier molecular flexibility index (Phi) is 5.17. The second-order valence-corrected chi connectivity index (χ2v) is 13.4. The van der Waals surface area contributed by atoms with E-state index in [0.29, 0.717) is 0 Å². The van der Waals surface area contributed by atoms with E-state index in [1.54, 1.807) is 0 Å². The van der Waals surface area contributed by atoms with E-state index in [1.165, 1.54) is 10.9 Å². The summed E-state index contributed by atoms with van der Waals surface area (Å²) in [4.78, 5) is 15.0. The minimum Gasteiger partial charge on any atom is -0.457 e. The first kappa shape index (κ1) is 26.2. The Morgan fingerprint density at radius 1 is 0.511 bits per heavy atom. The molecule has 0 atom stereocenters. The Morgan fingerprint density at radius 3 is 1.77 bits per heavy atom. The van der Waals surface area contributed by atoms with Crippen molar-refractivity contribution >= 4 is 76.8 Å². The molecule has 0 N–H and O–H groups in total. The van der Waals surface area contributed by atoms with Gasteiger partial charge < -0.3 is 4.74 Å². The fraction of sp³-hybridized carbons (Fsp3) is 0.0976. The topological polar surface area (TPSA) is 56.7 Å². The van der Waals surface area contributed by atoms with Gasteiger partial charge in [0.2, 0.25) is 0 Å². The van der Waals surface area contributed by atoms with Crippen molar-refractivity contribution in [3.05, 3.63) is 127 Å². The molecule has 0 saturated heterocycles. The quantitative estimate of drug-likeness (QED) is 0.184. The maximum absolute atomic E-state index is 6.63. The van der Waals surface area contributed by atoms with Crippen molar-refractivity contribution < 1.29 is 4.74 Å². The molecule has 0 aliphatic heterocycles. The van der Waals surface area contributed by atoms with E-state index in [9.17, 15) is 0 Å². The summed E-state index contributed by atoms with van der Waals surface area (Å²) < 4.78 is 11.1. The molecular formula is C41H29N5O. The first-order valence-corrected chi connectivity index (χ1v) is 16.0. The van der Waals surface area contributed by atoms with Crippen LogP contribution < -0.4 is 4.74 Å². The van der Waals surface area contributed by atoms with Gasteiger partial charge in [0.15, 0.2) is 0 Å². The van der Waals surface area contributed by atoms with E-state index < -0.39 is 0 Å². The van der Waals surface area contributed by atoms with Crippen LogP contribution in [-0.4, -0.2) is 23.8 Å². The number of imidazole rings is 2. The molecule has 6 nitrogen and oxygen atoms in total. The summed E-state index contributed by atoms with van der Waals surface area (Å²) in [6.45, 7) is 6.77. The molecule has 0 bridgehead atoms. The van der Waals surface area contributed by atoms with Crippen LogP contribution in [0.25, 0.3) is 76.8 Å². The highest BCUT2D eigenvalue weighted by Gasteiger charge is 2.19. The highest BCUT2D eigenvalue weighted by molar-refractivity contribution is 6.15. The molecule has 0 radical (unpaired) electrons. The van der Waals surface area contributed by atoms with E-state index >= 15 is 0 Å². The Hall–Kier alpha value is -6.01. The smallest absolute Gasteiger partial charge is 0.146 e. The number of fused-ring (bicyclic) bond motifs is 16. The zero-order valence-corrected chi connectivity index (χ0v) is 26.2. The lowest BCUT2D eigenvalue weighted by Gasteiger charge is -2.20. The van der Waals surface area contributed by atoms with Gasteiger partial charge in [-0.05, 0) is 95.2 Å². The molecule has 47 heavy (non-hydrogen) atoms. The normalized spacial score (nSPS) is 12.6. The van der Waals surface area contributed by atoms with Gasteiger partial charge in [-0.2, -0.15) is 0 Å². The molecule has 5 heterocycles. The number of pyridine rings is 3. The van der Waals surface area contributed by atoms with E-state index in [4.69, 9.17) is 19.7 Å². The highest BCUT2D eigenvalue weighted by Crippen LogP contribution is 2.39. The van der Waals surface area contributed by atoms with Crippen molar-refractivity contribution in [3.8, 4) is 11.5 Å². The van der Waals surface area contributed by atoms with Crippen LogP contribution in [0.1, 0.15) is 26.3 Å². The van der Waals surface area contributed by atoms with Crippen LogP contribution >= 0.6 is 0 Å². The maximum atomic E-state index is 6.63. The molecule has 0 aliphatic rings. The Morgan fingerprint density at radius 2 is 1.09 bits per heavy atom.